The molecule has 0 aromatic carbocycles. The molecule has 0 spiro atoms. The Hall–Kier alpha value is -2.26. The summed E-state index contributed by atoms with van der Waals surface area (Å²) in [4.78, 5) is 24.3. The summed E-state index contributed by atoms with van der Waals surface area (Å²) in [6, 6.07) is 4.95. The van der Waals surface area contributed by atoms with Crippen molar-refractivity contribution in [1.82, 2.24) is 20.3 Å². The molecule has 1 atom stereocenters. The number of pyridine rings is 1. The number of nitrogens with two attached hydrogens (primary N) is 1. The Morgan fingerprint density at radius 2 is 2.31 bits per heavy atom. The molecule has 0 aliphatic rings. The highest BCUT2D eigenvalue weighted by molar-refractivity contribution is 7.09. The number of amides is 1. The summed E-state index contributed by atoms with van der Waals surface area (Å²) in [5, 5.41) is 14.9. The van der Waals surface area contributed by atoms with E-state index in [4.69, 9.17) is 22.4 Å². The molecule has 9 heteroatoms. The lowest BCUT2D eigenvalue weighted by atomic mass is 10.2. The van der Waals surface area contributed by atoms with Crippen LogP contribution in [0, 0.1) is 6.92 Å². The van der Waals surface area contributed by atoms with Gasteiger partial charge in [0.2, 0.25) is 0 Å². The number of aryl methyl sites for hydroxylation is 1. The Bertz CT molecular complexity index is 906. The van der Waals surface area contributed by atoms with Gasteiger partial charge in [0.05, 0.1) is 34.8 Å². The maximum atomic E-state index is 12.7. The van der Waals surface area contributed by atoms with Gasteiger partial charge in [0.1, 0.15) is 10.7 Å². The van der Waals surface area contributed by atoms with Gasteiger partial charge in [0, 0.05) is 18.1 Å². The van der Waals surface area contributed by atoms with E-state index in [1.165, 1.54) is 11.3 Å². The number of nitrogens with zero attached hydrogens (tertiary/aromatic N) is 2. The van der Waals surface area contributed by atoms with E-state index in [-0.39, 0.29) is 19.1 Å². The van der Waals surface area contributed by atoms with E-state index in [1.54, 1.807) is 23.7 Å². The molecular formula is C17H18ClN5O2S. The van der Waals surface area contributed by atoms with E-state index in [1.807, 2.05) is 13.0 Å². The van der Waals surface area contributed by atoms with Crippen LogP contribution in [0.2, 0.25) is 5.02 Å². The molecule has 0 aliphatic carbocycles. The number of carbonyl (C=O) groups excluding carboxylic acids is 1. The largest absolute Gasteiger partial charge is 0.389 e. The summed E-state index contributed by atoms with van der Waals surface area (Å²) in [5.74, 6) is -0.281. The maximum Gasteiger partial charge on any atom is 0.268 e. The third-order valence-electron chi connectivity index (χ3n) is 3.85. The molecule has 0 saturated heterocycles. The lowest BCUT2D eigenvalue weighted by Crippen LogP contribution is -2.34. The van der Waals surface area contributed by atoms with E-state index in [2.05, 4.69) is 20.3 Å². The van der Waals surface area contributed by atoms with Gasteiger partial charge in [-0.25, -0.2) is 4.98 Å². The first kappa shape index (κ1) is 18.5. The van der Waals surface area contributed by atoms with E-state index >= 15 is 0 Å². The van der Waals surface area contributed by atoms with Gasteiger partial charge in [-0.15, -0.1) is 11.3 Å². The molecule has 1 amide bonds. The SMILES string of the molecule is Cc1cc(-c2ccc(Cl)cn2)[nH]c1C(=O)N[C@H](CN)c1csc(CO)n1. The lowest BCUT2D eigenvalue weighted by Gasteiger charge is -2.14. The van der Waals surface area contributed by atoms with Crippen LogP contribution in [0.3, 0.4) is 0 Å². The minimum Gasteiger partial charge on any atom is -0.389 e. The first-order valence-corrected chi connectivity index (χ1v) is 9.15. The highest BCUT2D eigenvalue weighted by Crippen LogP contribution is 2.22. The number of hydrogen-bond donors (Lipinski definition) is 4. The summed E-state index contributed by atoms with van der Waals surface area (Å²) in [6.45, 7) is 1.91. The topological polar surface area (TPSA) is 117 Å². The van der Waals surface area contributed by atoms with Crippen molar-refractivity contribution in [2.24, 2.45) is 5.73 Å². The van der Waals surface area contributed by atoms with E-state index < -0.39 is 6.04 Å². The summed E-state index contributed by atoms with van der Waals surface area (Å²) >= 11 is 7.19. The van der Waals surface area contributed by atoms with Crippen molar-refractivity contribution < 1.29 is 9.90 Å². The second-order valence-corrected chi connectivity index (χ2v) is 7.07. The van der Waals surface area contributed by atoms with Gasteiger partial charge >= 0.3 is 0 Å². The Morgan fingerprint density at radius 3 is 2.92 bits per heavy atom. The second-order valence-electron chi connectivity index (χ2n) is 5.69. The second kappa shape index (κ2) is 7.96. The van der Waals surface area contributed by atoms with Crippen molar-refractivity contribution in [2.75, 3.05) is 6.54 Å². The summed E-state index contributed by atoms with van der Waals surface area (Å²) in [5.41, 5.74) is 9.07. The first-order valence-electron chi connectivity index (χ1n) is 7.89. The Kier molecular flexibility index (Phi) is 5.67. The third kappa shape index (κ3) is 3.94. The number of thiazole rings is 1. The number of aliphatic hydroxyl groups excluding tert-OH is 1. The average molecular weight is 392 g/mol. The number of carbonyl (C=O) groups is 1. The van der Waals surface area contributed by atoms with Crippen molar-refractivity contribution in [3.63, 3.8) is 0 Å². The summed E-state index contributed by atoms with van der Waals surface area (Å²) in [7, 11) is 0. The molecule has 3 rings (SSSR count). The number of halogens is 1. The zero-order valence-electron chi connectivity index (χ0n) is 14.0. The fraction of sp³-hybridized carbons (Fsp3) is 0.235. The Labute approximate surface area is 159 Å². The highest BCUT2D eigenvalue weighted by Gasteiger charge is 2.20. The number of H-pyrrole nitrogens is 1. The molecule has 0 radical (unpaired) electrons. The van der Waals surface area contributed by atoms with Crippen LogP contribution < -0.4 is 11.1 Å². The van der Waals surface area contributed by atoms with Gasteiger partial charge in [0.15, 0.2) is 0 Å². The number of nitrogens with one attached hydrogen (secondary N) is 2. The molecule has 0 unspecified atom stereocenters. The fourth-order valence-electron chi connectivity index (χ4n) is 2.51. The first-order chi connectivity index (χ1) is 12.5. The van der Waals surface area contributed by atoms with Gasteiger partial charge in [-0.1, -0.05) is 11.6 Å². The summed E-state index contributed by atoms with van der Waals surface area (Å²) in [6.07, 6.45) is 1.55. The van der Waals surface area contributed by atoms with Crippen molar-refractivity contribution in [3.05, 3.63) is 56.8 Å². The van der Waals surface area contributed by atoms with Gasteiger partial charge in [-0.05, 0) is 30.7 Å². The monoisotopic (exact) mass is 391 g/mol. The van der Waals surface area contributed by atoms with Crippen LogP contribution >= 0.6 is 22.9 Å². The van der Waals surface area contributed by atoms with Crippen LogP contribution in [0.1, 0.15) is 32.8 Å². The lowest BCUT2D eigenvalue weighted by molar-refractivity contribution is 0.0932. The van der Waals surface area contributed by atoms with E-state index in [9.17, 15) is 4.79 Å². The smallest absolute Gasteiger partial charge is 0.268 e. The Balaban J connectivity index is 1.79. The van der Waals surface area contributed by atoms with Crippen LogP contribution in [0.4, 0.5) is 0 Å². The predicted octanol–water partition coefficient (Wildman–Crippen LogP) is 2.42. The maximum absolute atomic E-state index is 12.7. The van der Waals surface area contributed by atoms with Crippen LogP contribution in [0.15, 0.2) is 29.8 Å². The zero-order chi connectivity index (χ0) is 18.7. The molecule has 3 aromatic rings. The van der Waals surface area contributed by atoms with Crippen molar-refractivity contribution in [3.8, 4) is 11.4 Å². The quantitative estimate of drug-likeness (QED) is 0.514. The molecular weight excluding hydrogens is 374 g/mol. The number of aromatic nitrogens is 3. The summed E-state index contributed by atoms with van der Waals surface area (Å²) < 4.78 is 0. The number of hydrogen-bond acceptors (Lipinski definition) is 6. The molecule has 0 saturated carbocycles. The molecule has 5 N–H and O–H groups in total. The standard InChI is InChI=1S/C17H18ClN5O2S/c1-9-4-12(11-3-2-10(18)6-20-11)22-16(9)17(25)23-13(5-19)14-8-26-15(7-24)21-14/h2-4,6,8,13,22,24H,5,7,19H2,1H3,(H,23,25)/t13-/m1/s1. The van der Waals surface area contributed by atoms with Crippen LogP contribution in [0.5, 0.6) is 0 Å². The van der Waals surface area contributed by atoms with Gasteiger partial charge in [-0.3, -0.25) is 9.78 Å². The molecule has 0 aliphatic heterocycles. The molecule has 7 nitrogen and oxygen atoms in total. The van der Waals surface area contributed by atoms with Crippen molar-refractivity contribution >= 4 is 28.8 Å². The minimum atomic E-state index is -0.432. The molecule has 3 heterocycles. The molecule has 0 fully saturated rings. The van der Waals surface area contributed by atoms with Crippen LogP contribution in [-0.4, -0.2) is 32.5 Å². The number of rotatable bonds is 6. The number of aliphatic hydroxyl groups is 1. The van der Waals surface area contributed by atoms with Crippen molar-refractivity contribution in [2.45, 2.75) is 19.6 Å². The van der Waals surface area contributed by atoms with Gasteiger partial charge in [-0.2, -0.15) is 0 Å². The molecule has 0 bridgehead atoms. The van der Waals surface area contributed by atoms with E-state index in [0.29, 0.717) is 27.1 Å². The predicted molar refractivity (Wildman–Crippen MR) is 101 cm³/mol. The van der Waals surface area contributed by atoms with Crippen LogP contribution in [-0.2, 0) is 6.61 Å². The normalized spacial score (nSPS) is 12.2. The van der Waals surface area contributed by atoms with Gasteiger partial charge < -0.3 is 21.1 Å². The van der Waals surface area contributed by atoms with Crippen molar-refractivity contribution in [1.29, 1.82) is 0 Å². The molecule has 26 heavy (non-hydrogen) atoms. The fourth-order valence-corrected chi connectivity index (χ4v) is 3.33. The number of aromatic amines is 1. The van der Waals surface area contributed by atoms with E-state index in [0.717, 1.165) is 11.3 Å². The highest BCUT2D eigenvalue weighted by atomic mass is 35.5. The van der Waals surface area contributed by atoms with Crippen LogP contribution in [0.25, 0.3) is 11.4 Å². The Morgan fingerprint density at radius 1 is 1.50 bits per heavy atom. The molecule has 3 aromatic heterocycles. The third-order valence-corrected chi connectivity index (χ3v) is 4.92. The minimum absolute atomic E-state index is 0.136. The zero-order valence-corrected chi connectivity index (χ0v) is 15.6. The van der Waals surface area contributed by atoms with Gasteiger partial charge in [0.25, 0.3) is 5.91 Å². The average Bonchev–Trinajstić information content (AvgIpc) is 3.27. The molecule has 136 valence electrons.